The molecule has 0 spiro atoms. The molecule has 0 unspecified atom stereocenters. The molecule has 0 aromatic heterocycles. The molecule has 0 bridgehead atoms. The predicted octanol–water partition coefficient (Wildman–Crippen LogP) is 2.79. The molecule has 0 aliphatic rings. The van der Waals surface area contributed by atoms with E-state index in [-0.39, 0.29) is 30.7 Å². The molecule has 0 heterocycles. The van der Waals surface area contributed by atoms with Crippen molar-refractivity contribution in [3.63, 3.8) is 0 Å². The highest BCUT2D eigenvalue weighted by atomic mass is 16.5. The number of Topliss-reactive ketones (excluding diaryl/α,β-unsaturated/α-hetero) is 2. The van der Waals surface area contributed by atoms with Crippen molar-refractivity contribution >= 4 is 17.5 Å². The fraction of sp³-hybridized carbons (Fsp3) is 0.318. The average Bonchev–Trinajstić information content (AvgIpc) is 2.72. The molecule has 0 aliphatic heterocycles. The average molecular weight is 383 g/mol. The van der Waals surface area contributed by atoms with Crippen LogP contribution in [0.1, 0.15) is 56.4 Å². The maximum Gasteiger partial charge on any atom is 0.251 e. The summed E-state index contributed by atoms with van der Waals surface area (Å²) >= 11 is 0. The molecule has 0 saturated carbocycles. The van der Waals surface area contributed by atoms with Crippen molar-refractivity contribution < 1.29 is 24.2 Å². The zero-order valence-electron chi connectivity index (χ0n) is 15.9. The maximum atomic E-state index is 12.2. The van der Waals surface area contributed by atoms with Gasteiger partial charge in [-0.3, -0.25) is 14.4 Å². The number of hydrogen-bond acceptors (Lipinski definition) is 5. The van der Waals surface area contributed by atoms with Crippen molar-refractivity contribution in [3.8, 4) is 0 Å². The largest absolute Gasteiger partial charge is 0.394 e. The van der Waals surface area contributed by atoms with Gasteiger partial charge in [-0.05, 0) is 31.0 Å². The summed E-state index contributed by atoms with van der Waals surface area (Å²) in [6.45, 7) is 2.54. The fourth-order valence-electron chi connectivity index (χ4n) is 2.59. The molecule has 28 heavy (non-hydrogen) atoms. The van der Waals surface area contributed by atoms with Gasteiger partial charge in [-0.15, -0.1) is 0 Å². The molecule has 6 heteroatoms. The van der Waals surface area contributed by atoms with Gasteiger partial charge >= 0.3 is 0 Å². The minimum Gasteiger partial charge on any atom is -0.394 e. The second-order valence-electron chi connectivity index (χ2n) is 6.38. The Bertz CT molecular complexity index is 797. The SMILES string of the molecule is CC(=O)c1ccc(C(=O)NCc2ccc(C(=O)CCCOCCO)cc2)cc1. The van der Waals surface area contributed by atoms with Crippen LogP contribution in [0.3, 0.4) is 0 Å². The summed E-state index contributed by atoms with van der Waals surface area (Å²) in [4.78, 5) is 35.6. The normalized spacial score (nSPS) is 10.5. The Balaban J connectivity index is 1.81. The van der Waals surface area contributed by atoms with E-state index in [4.69, 9.17) is 9.84 Å². The topological polar surface area (TPSA) is 92.7 Å². The van der Waals surface area contributed by atoms with Crippen molar-refractivity contribution in [3.05, 3.63) is 70.8 Å². The van der Waals surface area contributed by atoms with Gasteiger partial charge in [0.05, 0.1) is 13.2 Å². The lowest BCUT2D eigenvalue weighted by molar-refractivity contribution is 0.0832. The number of hydrogen-bond donors (Lipinski definition) is 2. The molecule has 2 rings (SSSR count). The van der Waals surface area contributed by atoms with E-state index in [0.717, 1.165) is 5.56 Å². The highest BCUT2D eigenvalue weighted by Crippen LogP contribution is 2.10. The molecule has 0 saturated heterocycles. The molecule has 0 radical (unpaired) electrons. The number of nitrogens with one attached hydrogen (secondary N) is 1. The molecule has 2 N–H and O–H groups in total. The van der Waals surface area contributed by atoms with E-state index >= 15 is 0 Å². The lowest BCUT2D eigenvalue weighted by Gasteiger charge is -2.07. The molecule has 1 amide bonds. The van der Waals surface area contributed by atoms with E-state index in [2.05, 4.69) is 5.32 Å². The van der Waals surface area contributed by atoms with E-state index in [1.165, 1.54) is 6.92 Å². The molecular weight excluding hydrogens is 358 g/mol. The lowest BCUT2D eigenvalue weighted by atomic mass is 10.0. The van der Waals surface area contributed by atoms with Gasteiger partial charge in [0.15, 0.2) is 11.6 Å². The summed E-state index contributed by atoms with van der Waals surface area (Å²) < 4.78 is 5.14. The third kappa shape index (κ3) is 6.72. The molecule has 2 aromatic carbocycles. The summed E-state index contributed by atoms with van der Waals surface area (Å²) in [5, 5.41) is 11.4. The van der Waals surface area contributed by atoms with Crippen LogP contribution in [0.5, 0.6) is 0 Å². The zero-order valence-corrected chi connectivity index (χ0v) is 15.9. The Labute approximate surface area is 164 Å². The Morgan fingerprint density at radius 2 is 1.50 bits per heavy atom. The zero-order chi connectivity index (χ0) is 20.4. The minimum atomic E-state index is -0.224. The number of ketones is 2. The Kier molecular flexibility index (Phi) is 8.52. The molecular formula is C22H25NO5. The summed E-state index contributed by atoms with van der Waals surface area (Å²) in [7, 11) is 0. The van der Waals surface area contributed by atoms with Gasteiger partial charge in [0.25, 0.3) is 5.91 Å². The van der Waals surface area contributed by atoms with Crippen molar-refractivity contribution in [2.45, 2.75) is 26.3 Å². The van der Waals surface area contributed by atoms with Gasteiger partial charge in [0.2, 0.25) is 0 Å². The summed E-state index contributed by atoms with van der Waals surface area (Å²) in [6.07, 6.45) is 0.997. The first-order valence-electron chi connectivity index (χ1n) is 9.21. The van der Waals surface area contributed by atoms with Crippen LogP contribution in [0.15, 0.2) is 48.5 Å². The van der Waals surface area contributed by atoms with Crippen LogP contribution in [-0.2, 0) is 11.3 Å². The second-order valence-corrected chi connectivity index (χ2v) is 6.38. The maximum absolute atomic E-state index is 12.2. The van der Waals surface area contributed by atoms with Gasteiger partial charge in [0, 0.05) is 36.3 Å². The summed E-state index contributed by atoms with van der Waals surface area (Å²) in [5.41, 5.74) is 2.56. The third-order valence-electron chi connectivity index (χ3n) is 4.21. The number of amides is 1. The quantitative estimate of drug-likeness (QED) is 0.460. The molecule has 148 valence electrons. The highest BCUT2D eigenvalue weighted by Gasteiger charge is 2.08. The molecule has 6 nitrogen and oxygen atoms in total. The Morgan fingerprint density at radius 3 is 2.11 bits per heavy atom. The van der Waals surface area contributed by atoms with Crippen LogP contribution in [0.25, 0.3) is 0 Å². The number of aliphatic hydroxyl groups excluding tert-OH is 1. The Morgan fingerprint density at radius 1 is 0.893 bits per heavy atom. The first-order valence-corrected chi connectivity index (χ1v) is 9.21. The molecule has 0 atom stereocenters. The monoisotopic (exact) mass is 383 g/mol. The third-order valence-corrected chi connectivity index (χ3v) is 4.21. The summed E-state index contributed by atoms with van der Waals surface area (Å²) in [6, 6.07) is 13.6. The molecule has 0 aliphatic carbocycles. The van der Waals surface area contributed by atoms with Crippen LogP contribution in [0.2, 0.25) is 0 Å². The van der Waals surface area contributed by atoms with Crippen LogP contribution < -0.4 is 5.32 Å². The van der Waals surface area contributed by atoms with Crippen LogP contribution in [-0.4, -0.2) is 42.4 Å². The van der Waals surface area contributed by atoms with E-state index in [9.17, 15) is 14.4 Å². The first-order chi connectivity index (χ1) is 13.5. The Hall–Kier alpha value is -2.83. The predicted molar refractivity (Wildman–Crippen MR) is 106 cm³/mol. The van der Waals surface area contributed by atoms with Gasteiger partial charge < -0.3 is 15.2 Å². The van der Waals surface area contributed by atoms with Gasteiger partial charge in [-0.25, -0.2) is 0 Å². The van der Waals surface area contributed by atoms with E-state index < -0.39 is 0 Å². The fourth-order valence-corrected chi connectivity index (χ4v) is 2.59. The molecule has 2 aromatic rings. The number of benzene rings is 2. The van der Waals surface area contributed by atoms with Gasteiger partial charge in [0.1, 0.15) is 0 Å². The van der Waals surface area contributed by atoms with Gasteiger partial charge in [-0.2, -0.15) is 0 Å². The highest BCUT2D eigenvalue weighted by molar-refractivity contribution is 5.98. The summed E-state index contributed by atoms with van der Waals surface area (Å²) in [5.74, 6) is -0.230. The first kappa shape index (κ1) is 21.5. The number of carbonyl (C=O) groups is 3. The number of carbonyl (C=O) groups excluding carboxylic acids is 3. The standard InChI is InChI=1S/C22H25NO5/c1-16(25)18-8-10-20(11-9-18)22(27)23-15-17-4-6-19(7-5-17)21(26)3-2-13-28-14-12-24/h4-11,24H,2-3,12-15H2,1H3,(H,23,27). The number of ether oxygens (including phenoxy) is 1. The molecule has 0 fully saturated rings. The van der Waals surface area contributed by atoms with Crippen molar-refractivity contribution in [1.29, 1.82) is 0 Å². The van der Waals surface area contributed by atoms with E-state index in [1.807, 2.05) is 12.1 Å². The van der Waals surface area contributed by atoms with Crippen molar-refractivity contribution in [2.24, 2.45) is 0 Å². The van der Waals surface area contributed by atoms with E-state index in [1.54, 1.807) is 36.4 Å². The van der Waals surface area contributed by atoms with Crippen molar-refractivity contribution in [1.82, 2.24) is 5.32 Å². The van der Waals surface area contributed by atoms with Crippen LogP contribution in [0.4, 0.5) is 0 Å². The smallest absolute Gasteiger partial charge is 0.251 e. The number of rotatable bonds is 11. The van der Waals surface area contributed by atoms with Crippen LogP contribution in [0, 0.1) is 0 Å². The van der Waals surface area contributed by atoms with Crippen LogP contribution >= 0.6 is 0 Å². The van der Waals surface area contributed by atoms with Gasteiger partial charge in [-0.1, -0.05) is 36.4 Å². The number of aliphatic hydroxyl groups is 1. The second kappa shape index (κ2) is 11.1. The lowest BCUT2D eigenvalue weighted by Crippen LogP contribution is -2.22. The van der Waals surface area contributed by atoms with E-state index in [0.29, 0.717) is 42.7 Å². The van der Waals surface area contributed by atoms with Crippen molar-refractivity contribution in [2.75, 3.05) is 19.8 Å². The minimum absolute atomic E-state index is 0.0182.